The van der Waals surface area contributed by atoms with Crippen LogP contribution >= 0.6 is 11.8 Å². The zero-order chi connectivity index (χ0) is 19.4. The number of carbonyl (C=O) groups excluding carboxylic acids is 1. The first-order valence-electron chi connectivity index (χ1n) is 8.83. The van der Waals surface area contributed by atoms with Crippen molar-refractivity contribution in [3.8, 4) is 11.5 Å². The number of aryl methyl sites for hydroxylation is 3. The molecule has 0 radical (unpaired) electrons. The smallest absolute Gasteiger partial charge is 0.277 e. The van der Waals surface area contributed by atoms with Gasteiger partial charge in [-0.05, 0) is 56.5 Å². The van der Waals surface area contributed by atoms with E-state index in [1.54, 1.807) is 0 Å². The molecule has 1 N–H and O–H groups in total. The maximum Gasteiger partial charge on any atom is 0.277 e. The van der Waals surface area contributed by atoms with E-state index in [4.69, 9.17) is 4.42 Å². The third kappa shape index (κ3) is 4.98. The monoisotopic (exact) mass is 381 g/mol. The van der Waals surface area contributed by atoms with Crippen molar-refractivity contribution in [1.82, 2.24) is 15.5 Å². The van der Waals surface area contributed by atoms with Crippen LogP contribution in [0.25, 0.3) is 11.5 Å². The lowest BCUT2D eigenvalue weighted by atomic mass is 10.1. The Labute approximate surface area is 163 Å². The van der Waals surface area contributed by atoms with Gasteiger partial charge < -0.3 is 9.73 Å². The molecule has 1 atom stereocenters. The van der Waals surface area contributed by atoms with E-state index in [0.29, 0.717) is 17.7 Å². The van der Waals surface area contributed by atoms with Crippen LogP contribution < -0.4 is 5.32 Å². The molecule has 0 unspecified atom stereocenters. The van der Waals surface area contributed by atoms with E-state index in [9.17, 15) is 4.79 Å². The Kier molecular flexibility index (Phi) is 5.96. The third-order valence-corrected chi connectivity index (χ3v) is 5.33. The Morgan fingerprint density at radius 3 is 2.52 bits per heavy atom. The molecule has 0 bridgehead atoms. The van der Waals surface area contributed by atoms with Gasteiger partial charge in [0.15, 0.2) is 0 Å². The van der Waals surface area contributed by atoms with Crippen LogP contribution in [0.2, 0.25) is 0 Å². The average Bonchev–Trinajstić information content (AvgIpc) is 3.11. The highest BCUT2D eigenvalue weighted by molar-refractivity contribution is 8.00. The number of aromatic nitrogens is 2. The highest BCUT2D eigenvalue weighted by Crippen LogP contribution is 2.27. The largest absolute Gasteiger partial charge is 0.411 e. The molecule has 140 valence electrons. The maximum atomic E-state index is 12.3. The van der Waals surface area contributed by atoms with Crippen LogP contribution in [-0.4, -0.2) is 21.4 Å². The summed E-state index contributed by atoms with van der Waals surface area (Å²) in [6, 6.07) is 14.1. The fourth-order valence-electron chi connectivity index (χ4n) is 2.49. The van der Waals surface area contributed by atoms with Gasteiger partial charge >= 0.3 is 0 Å². The number of benzene rings is 2. The van der Waals surface area contributed by atoms with Crippen molar-refractivity contribution in [1.29, 1.82) is 0 Å². The highest BCUT2D eigenvalue weighted by Gasteiger charge is 2.18. The quantitative estimate of drug-likeness (QED) is 0.639. The van der Waals surface area contributed by atoms with Crippen molar-refractivity contribution in [2.45, 2.75) is 44.7 Å². The van der Waals surface area contributed by atoms with E-state index in [1.165, 1.54) is 28.5 Å². The first-order valence-corrected chi connectivity index (χ1v) is 9.71. The fraction of sp³-hybridized carbons (Fsp3) is 0.286. The van der Waals surface area contributed by atoms with Crippen LogP contribution in [0.3, 0.4) is 0 Å². The molecule has 5 nitrogen and oxygen atoms in total. The van der Waals surface area contributed by atoms with E-state index in [0.717, 1.165) is 11.1 Å². The number of rotatable bonds is 6. The van der Waals surface area contributed by atoms with Crippen molar-refractivity contribution in [3.05, 3.63) is 64.7 Å². The second-order valence-electron chi connectivity index (χ2n) is 6.64. The van der Waals surface area contributed by atoms with Gasteiger partial charge in [-0.25, -0.2) is 0 Å². The van der Waals surface area contributed by atoms with Gasteiger partial charge in [-0.3, -0.25) is 4.79 Å². The number of nitrogens with one attached hydrogen (secondary N) is 1. The first kappa shape index (κ1) is 19.2. The molecule has 6 heteroatoms. The number of hydrogen-bond acceptors (Lipinski definition) is 5. The molecule has 3 aromatic rings. The topological polar surface area (TPSA) is 68.0 Å². The standard InChI is InChI=1S/C21H23N3O2S/c1-13-5-8-17(9-6-13)12-22-19(25)16(4)27-21-24-23-20(26-21)18-10-7-14(2)15(3)11-18/h5-11,16H,12H2,1-4H3,(H,22,25)/t16-/m0/s1. The summed E-state index contributed by atoms with van der Waals surface area (Å²) < 4.78 is 5.72. The lowest BCUT2D eigenvalue weighted by molar-refractivity contribution is -0.120. The number of hydrogen-bond donors (Lipinski definition) is 1. The summed E-state index contributed by atoms with van der Waals surface area (Å²) in [4.78, 5) is 12.3. The Balaban J connectivity index is 1.58. The summed E-state index contributed by atoms with van der Waals surface area (Å²) in [7, 11) is 0. The molecule has 1 aromatic heterocycles. The second kappa shape index (κ2) is 8.39. The van der Waals surface area contributed by atoms with E-state index in [-0.39, 0.29) is 11.2 Å². The molecular weight excluding hydrogens is 358 g/mol. The molecule has 0 saturated heterocycles. The molecule has 2 aromatic carbocycles. The number of nitrogens with zero attached hydrogens (tertiary/aromatic N) is 2. The minimum Gasteiger partial charge on any atom is -0.411 e. The van der Waals surface area contributed by atoms with Gasteiger partial charge in [0.05, 0.1) is 5.25 Å². The Bertz CT molecular complexity index is 935. The molecule has 0 saturated carbocycles. The van der Waals surface area contributed by atoms with Gasteiger partial charge in [0, 0.05) is 12.1 Å². The van der Waals surface area contributed by atoms with Crippen molar-refractivity contribution < 1.29 is 9.21 Å². The van der Waals surface area contributed by atoms with E-state index < -0.39 is 0 Å². The minimum atomic E-state index is -0.330. The van der Waals surface area contributed by atoms with Crippen LogP contribution in [0.15, 0.2) is 52.1 Å². The van der Waals surface area contributed by atoms with E-state index in [1.807, 2.05) is 63.2 Å². The van der Waals surface area contributed by atoms with Crippen LogP contribution in [-0.2, 0) is 11.3 Å². The van der Waals surface area contributed by atoms with Gasteiger partial charge in [0.1, 0.15) is 0 Å². The summed E-state index contributed by atoms with van der Waals surface area (Å²) in [5.41, 5.74) is 5.54. The van der Waals surface area contributed by atoms with Gasteiger partial charge in [-0.2, -0.15) is 0 Å². The Morgan fingerprint density at radius 2 is 1.81 bits per heavy atom. The molecule has 1 amide bonds. The van der Waals surface area contributed by atoms with Crippen molar-refractivity contribution in [2.24, 2.45) is 0 Å². The molecule has 1 heterocycles. The summed E-state index contributed by atoms with van der Waals surface area (Å²) in [5.74, 6) is 0.402. The second-order valence-corrected chi connectivity index (χ2v) is 7.93. The molecular formula is C21H23N3O2S. The average molecular weight is 382 g/mol. The third-order valence-electron chi connectivity index (χ3n) is 4.39. The van der Waals surface area contributed by atoms with Crippen molar-refractivity contribution in [3.63, 3.8) is 0 Å². The fourth-order valence-corrected chi connectivity index (χ4v) is 3.20. The summed E-state index contributed by atoms with van der Waals surface area (Å²) in [5, 5.41) is 11.2. The molecule has 0 spiro atoms. The van der Waals surface area contributed by atoms with Crippen LogP contribution in [0.4, 0.5) is 0 Å². The normalized spacial score (nSPS) is 12.0. The van der Waals surface area contributed by atoms with Crippen molar-refractivity contribution in [2.75, 3.05) is 0 Å². The van der Waals surface area contributed by atoms with Crippen LogP contribution in [0, 0.1) is 20.8 Å². The summed E-state index contributed by atoms with van der Waals surface area (Å²) >= 11 is 1.26. The van der Waals surface area contributed by atoms with Crippen LogP contribution in [0.5, 0.6) is 0 Å². The molecule has 3 rings (SSSR count). The highest BCUT2D eigenvalue weighted by atomic mass is 32.2. The Morgan fingerprint density at radius 1 is 1.07 bits per heavy atom. The van der Waals surface area contributed by atoms with Gasteiger partial charge in [-0.1, -0.05) is 47.7 Å². The number of carbonyl (C=O) groups is 1. The predicted octanol–water partition coefficient (Wildman–Crippen LogP) is 4.46. The molecule has 0 fully saturated rings. The SMILES string of the molecule is Cc1ccc(CNC(=O)[C@H](C)Sc2nnc(-c3ccc(C)c(C)c3)o2)cc1. The summed E-state index contributed by atoms with van der Waals surface area (Å²) in [6.07, 6.45) is 0. The molecule has 0 aliphatic rings. The van der Waals surface area contributed by atoms with Gasteiger partial charge in [0.2, 0.25) is 11.8 Å². The van der Waals surface area contributed by atoms with E-state index >= 15 is 0 Å². The molecule has 0 aliphatic carbocycles. The number of thioether (sulfide) groups is 1. The van der Waals surface area contributed by atoms with Crippen molar-refractivity contribution >= 4 is 17.7 Å². The molecule has 27 heavy (non-hydrogen) atoms. The summed E-state index contributed by atoms with van der Waals surface area (Å²) in [6.45, 7) is 8.48. The molecule has 0 aliphatic heterocycles. The maximum absolute atomic E-state index is 12.3. The predicted molar refractivity (Wildman–Crippen MR) is 108 cm³/mol. The van der Waals surface area contributed by atoms with E-state index in [2.05, 4.69) is 22.4 Å². The number of amides is 1. The lowest BCUT2D eigenvalue weighted by Crippen LogP contribution is -2.30. The first-order chi connectivity index (χ1) is 12.9. The lowest BCUT2D eigenvalue weighted by Gasteiger charge is -2.10. The Hall–Kier alpha value is -2.60. The minimum absolute atomic E-state index is 0.0634. The zero-order valence-corrected chi connectivity index (χ0v) is 16.8. The van der Waals surface area contributed by atoms with Gasteiger partial charge in [0.25, 0.3) is 5.22 Å². The van der Waals surface area contributed by atoms with Crippen LogP contribution in [0.1, 0.15) is 29.2 Å². The zero-order valence-electron chi connectivity index (χ0n) is 15.9. The van der Waals surface area contributed by atoms with Gasteiger partial charge in [-0.15, -0.1) is 10.2 Å².